The van der Waals surface area contributed by atoms with Crippen molar-refractivity contribution in [3.8, 4) is 0 Å². The molecule has 0 aromatic carbocycles. The van der Waals surface area contributed by atoms with E-state index in [9.17, 15) is 4.79 Å². The molecule has 0 unspecified atom stereocenters. The molecule has 3 aliphatic rings. The summed E-state index contributed by atoms with van der Waals surface area (Å²) in [6.45, 7) is 3.27. The molecule has 20 heavy (non-hydrogen) atoms. The van der Waals surface area contributed by atoms with E-state index >= 15 is 0 Å². The number of hydrogen-bond donors (Lipinski definition) is 1. The summed E-state index contributed by atoms with van der Waals surface area (Å²) in [6.07, 6.45) is 8.83. The third kappa shape index (κ3) is 1.59. The van der Waals surface area contributed by atoms with Gasteiger partial charge in [-0.15, -0.1) is 0 Å². The summed E-state index contributed by atoms with van der Waals surface area (Å²) >= 11 is 0. The van der Waals surface area contributed by atoms with Crippen molar-refractivity contribution >= 4 is 5.91 Å². The van der Waals surface area contributed by atoms with Crippen LogP contribution < -0.4 is 5.32 Å². The summed E-state index contributed by atoms with van der Waals surface area (Å²) in [5.41, 5.74) is 0.217. The highest BCUT2D eigenvalue weighted by Crippen LogP contribution is 2.50. The summed E-state index contributed by atoms with van der Waals surface area (Å²) in [5, 5.41) is 3.68. The molecule has 1 aliphatic carbocycles. The molecule has 1 saturated carbocycles. The van der Waals surface area contributed by atoms with Crippen LogP contribution in [0.2, 0.25) is 0 Å². The van der Waals surface area contributed by atoms with Crippen LogP contribution in [0.3, 0.4) is 0 Å². The molecule has 1 amide bonds. The molecular weight excluding hydrogens is 254 g/mol. The Kier molecular flexibility index (Phi) is 2.67. The van der Waals surface area contributed by atoms with Crippen molar-refractivity contribution in [2.24, 2.45) is 5.41 Å². The lowest BCUT2D eigenvalue weighted by atomic mass is 9.72. The molecule has 2 bridgehead atoms. The van der Waals surface area contributed by atoms with Gasteiger partial charge in [-0.2, -0.15) is 0 Å². The van der Waals surface area contributed by atoms with Gasteiger partial charge in [0.15, 0.2) is 6.39 Å². The van der Waals surface area contributed by atoms with Gasteiger partial charge in [0.1, 0.15) is 0 Å². The standard InChI is InChI=1S/C15H21N3O2/c1-15-6-10-7-17-12(15)4-2-3-5-13(15)18(10)14(19)11-8-16-9-20-11/h8-10,12-13,17H,2-7H2,1H3/t10-,12+,13-,15+/m0/s1. The number of amides is 1. The van der Waals surface area contributed by atoms with Crippen molar-refractivity contribution in [3.63, 3.8) is 0 Å². The maximum atomic E-state index is 12.8. The number of nitrogens with zero attached hydrogens (tertiary/aromatic N) is 2. The van der Waals surface area contributed by atoms with Crippen molar-refractivity contribution in [2.45, 2.75) is 57.2 Å². The van der Waals surface area contributed by atoms with E-state index in [4.69, 9.17) is 4.42 Å². The van der Waals surface area contributed by atoms with Gasteiger partial charge in [-0.05, 0) is 19.3 Å². The van der Waals surface area contributed by atoms with Gasteiger partial charge in [0.25, 0.3) is 5.91 Å². The normalized spacial score (nSPS) is 39.6. The van der Waals surface area contributed by atoms with E-state index in [0.717, 1.165) is 19.4 Å². The van der Waals surface area contributed by atoms with Crippen molar-refractivity contribution in [2.75, 3.05) is 6.54 Å². The van der Waals surface area contributed by atoms with Crippen LogP contribution in [-0.4, -0.2) is 40.5 Å². The van der Waals surface area contributed by atoms with Crippen LogP contribution in [0.5, 0.6) is 0 Å². The minimum atomic E-state index is 0.0191. The lowest BCUT2D eigenvalue weighted by Crippen LogP contribution is -2.51. The largest absolute Gasteiger partial charge is 0.438 e. The molecule has 3 fully saturated rings. The first-order chi connectivity index (χ1) is 9.70. The van der Waals surface area contributed by atoms with Crippen LogP contribution in [0.25, 0.3) is 0 Å². The fourth-order valence-corrected chi connectivity index (χ4v) is 4.71. The number of rotatable bonds is 1. The molecule has 1 aromatic rings. The lowest BCUT2D eigenvalue weighted by Gasteiger charge is -2.39. The summed E-state index contributed by atoms with van der Waals surface area (Å²) in [4.78, 5) is 18.8. The van der Waals surface area contributed by atoms with Gasteiger partial charge in [0.2, 0.25) is 5.76 Å². The molecule has 4 atom stereocenters. The molecule has 2 saturated heterocycles. The number of likely N-dealkylation sites (tertiary alicyclic amines) is 1. The van der Waals surface area contributed by atoms with Crippen LogP contribution >= 0.6 is 0 Å². The molecule has 0 spiro atoms. The first kappa shape index (κ1) is 12.4. The number of carbonyl (C=O) groups is 1. The summed E-state index contributed by atoms with van der Waals surface area (Å²) in [5.74, 6) is 0.396. The molecule has 1 N–H and O–H groups in total. The summed E-state index contributed by atoms with van der Waals surface area (Å²) in [6, 6.07) is 1.20. The van der Waals surface area contributed by atoms with Crippen molar-refractivity contribution in [3.05, 3.63) is 18.4 Å². The van der Waals surface area contributed by atoms with Crippen molar-refractivity contribution < 1.29 is 9.21 Å². The fourth-order valence-electron chi connectivity index (χ4n) is 4.71. The highest BCUT2D eigenvalue weighted by atomic mass is 16.3. The van der Waals surface area contributed by atoms with Gasteiger partial charge >= 0.3 is 0 Å². The molecule has 1 aromatic heterocycles. The molecule has 108 valence electrons. The molecular formula is C15H21N3O2. The quantitative estimate of drug-likeness (QED) is 0.849. The predicted molar refractivity (Wildman–Crippen MR) is 73.2 cm³/mol. The van der Waals surface area contributed by atoms with E-state index in [2.05, 4.69) is 22.1 Å². The molecule has 5 nitrogen and oxygen atoms in total. The Morgan fingerprint density at radius 2 is 2.35 bits per heavy atom. The highest BCUT2D eigenvalue weighted by molar-refractivity contribution is 5.92. The van der Waals surface area contributed by atoms with Gasteiger partial charge in [-0.3, -0.25) is 4.79 Å². The average Bonchev–Trinajstić information content (AvgIpc) is 3.00. The Hall–Kier alpha value is -1.36. The van der Waals surface area contributed by atoms with Crippen LogP contribution in [0.1, 0.15) is 49.6 Å². The zero-order valence-electron chi connectivity index (χ0n) is 11.8. The molecule has 4 rings (SSSR count). The van der Waals surface area contributed by atoms with E-state index in [0.29, 0.717) is 23.9 Å². The van der Waals surface area contributed by atoms with E-state index in [1.54, 1.807) is 0 Å². The number of carbonyl (C=O) groups excluding carboxylic acids is 1. The second-order valence-corrected chi connectivity index (χ2v) is 6.70. The average molecular weight is 275 g/mol. The lowest BCUT2D eigenvalue weighted by molar-refractivity contribution is 0.0596. The minimum Gasteiger partial charge on any atom is -0.438 e. The number of fused-ring (bicyclic) bond motifs is 1. The Balaban J connectivity index is 1.72. The van der Waals surface area contributed by atoms with Crippen LogP contribution in [0.15, 0.2) is 17.0 Å². The van der Waals surface area contributed by atoms with Gasteiger partial charge in [-0.1, -0.05) is 19.8 Å². The van der Waals surface area contributed by atoms with E-state index in [1.165, 1.54) is 31.9 Å². The first-order valence-electron chi connectivity index (χ1n) is 7.65. The third-order valence-electron chi connectivity index (χ3n) is 5.66. The van der Waals surface area contributed by atoms with Crippen LogP contribution in [0.4, 0.5) is 0 Å². The Morgan fingerprint density at radius 3 is 3.15 bits per heavy atom. The number of aromatic nitrogens is 1. The number of nitrogens with one attached hydrogen (secondary N) is 1. The number of hydrogen-bond acceptors (Lipinski definition) is 4. The van der Waals surface area contributed by atoms with Crippen molar-refractivity contribution in [1.29, 1.82) is 0 Å². The second-order valence-electron chi connectivity index (χ2n) is 6.70. The Morgan fingerprint density at radius 1 is 1.50 bits per heavy atom. The maximum absolute atomic E-state index is 12.8. The van der Waals surface area contributed by atoms with Gasteiger partial charge in [0.05, 0.1) is 6.20 Å². The fraction of sp³-hybridized carbons (Fsp3) is 0.733. The Bertz CT molecular complexity index is 515. The van der Waals surface area contributed by atoms with E-state index in [1.807, 2.05) is 0 Å². The monoisotopic (exact) mass is 275 g/mol. The minimum absolute atomic E-state index is 0.0191. The number of oxazole rings is 1. The number of piperidine rings is 1. The third-order valence-corrected chi connectivity index (χ3v) is 5.66. The molecule has 5 heteroatoms. The van der Waals surface area contributed by atoms with Crippen LogP contribution in [-0.2, 0) is 0 Å². The maximum Gasteiger partial charge on any atom is 0.291 e. The highest BCUT2D eigenvalue weighted by Gasteiger charge is 2.57. The summed E-state index contributed by atoms with van der Waals surface area (Å²) in [7, 11) is 0. The van der Waals surface area contributed by atoms with Gasteiger partial charge in [0, 0.05) is 30.1 Å². The molecule has 3 heterocycles. The smallest absolute Gasteiger partial charge is 0.291 e. The van der Waals surface area contributed by atoms with Gasteiger partial charge in [-0.25, -0.2) is 4.98 Å². The Labute approximate surface area is 118 Å². The predicted octanol–water partition coefficient (Wildman–Crippen LogP) is 1.81. The second kappa shape index (κ2) is 4.32. The molecule has 2 aliphatic heterocycles. The zero-order valence-corrected chi connectivity index (χ0v) is 11.8. The topological polar surface area (TPSA) is 58.4 Å². The van der Waals surface area contributed by atoms with Crippen molar-refractivity contribution in [1.82, 2.24) is 15.2 Å². The van der Waals surface area contributed by atoms with E-state index < -0.39 is 0 Å². The first-order valence-corrected chi connectivity index (χ1v) is 7.65. The van der Waals surface area contributed by atoms with Crippen LogP contribution in [0, 0.1) is 5.41 Å². The molecule has 0 radical (unpaired) electrons. The summed E-state index contributed by atoms with van der Waals surface area (Å²) < 4.78 is 5.24. The zero-order chi connectivity index (χ0) is 13.7. The van der Waals surface area contributed by atoms with Gasteiger partial charge < -0.3 is 14.6 Å². The van der Waals surface area contributed by atoms with E-state index in [-0.39, 0.29) is 11.3 Å². The SMILES string of the molecule is C[C@@]12C[C@H]3CN[C@@H]1CCCC[C@@H]2N3C(=O)c1cnco1.